The van der Waals surface area contributed by atoms with Gasteiger partial charge in [-0.15, -0.1) is 11.8 Å². The molecule has 0 saturated carbocycles. The molecule has 3 rings (SSSR count). The standard InChI is InChI=1S/C22H29N3OS/c1-18-8-10-19(11-9-18)17-27-21-7-4-3-6-20(21)23-22(26)16-25-13-5-12-24(2)14-15-25/h3-4,6-11H,5,12-17H2,1-2H3,(H,23,26). The molecule has 0 radical (unpaired) electrons. The summed E-state index contributed by atoms with van der Waals surface area (Å²) in [6.07, 6.45) is 1.12. The van der Waals surface area contributed by atoms with Gasteiger partial charge >= 0.3 is 0 Å². The second-order valence-corrected chi connectivity index (χ2v) is 8.27. The van der Waals surface area contributed by atoms with Gasteiger partial charge in [0.25, 0.3) is 0 Å². The number of nitrogens with zero attached hydrogens (tertiary/aromatic N) is 2. The molecule has 0 aromatic heterocycles. The van der Waals surface area contributed by atoms with Gasteiger partial charge in [-0.25, -0.2) is 0 Å². The van der Waals surface area contributed by atoms with Gasteiger partial charge in [-0.1, -0.05) is 42.0 Å². The first kappa shape index (κ1) is 19.9. The van der Waals surface area contributed by atoms with Gasteiger partial charge in [0.15, 0.2) is 0 Å². The van der Waals surface area contributed by atoms with Gasteiger partial charge in [0.1, 0.15) is 0 Å². The van der Waals surface area contributed by atoms with Crippen LogP contribution in [0.1, 0.15) is 17.5 Å². The Morgan fingerprint density at radius 2 is 1.81 bits per heavy atom. The summed E-state index contributed by atoms with van der Waals surface area (Å²) in [7, 11) is 2.14. The Morgan fingerprint density at radius 1 is 1.04 bits per heavy atom. The van der Waals surface area contributed by atoms with E-state index in [1.807, 2.05) is 18.2 Å². The monoisotopic (exact) mass is 383 g/mol. The van der Waals surface area contributed by atoms with Crippen LogP contribution in [0.5, 0.6) is 0 Å². The molecule has 1 N–H and O–H groups in total. The first-order valence-electron chi connectivity index (χ1n) is 9.58. The molecular weight excluding hydrogens is 354 g/mol. The van der Waals surface area contributed by atoms with E-state index in [9.17, 15) is 4.79 Å². The maximum Gasteiger partial charge on any atom is 0.238 e. The number of thioether (sulfide) groups is 1. The SMILES string of the molecule is Cc1ccc(CSc2ccccc2NC(=O)CN2CCCN(C)CC2)cc1. The number of para-hydroxylation sites is 1. The summed E-state index contributed by atoms with van der Waals surface area (Å²) in [6, 6.07) is 16.7. The van der Waals surface area contributed by atoms with Crippen LogP contribution in [0.3, 0.4) is 0 Å². The minimum atomic E-state index is 0.0722. The molecule has 1 amide bonds. The fourth-order valence-electron chi connectivity index (χ4n) is 3.19. The third-order valence-corrected chi connectivity index (χ3v) is 6.00. The number of nitrogens with one attached hydrogen (secondary N) is 1. The molecular formula is C22H29N3OS. The molecule has 0 unspecified atom stereocenters. The highest BCUT2D eigenvalue weighted by Crippen LogP contribution is 2.29. The van der Waals surface area contributed by atoms with E-state index in [1.54, 1.807) is 11.8 Å². The highest BCUT2D eigenvalue weighted by atomic mass is 32.2. The minimum absolute atomic E-state index is 0.0722. The predicted molar refractivity (Wildman–Crippen MR) is 114 cm³/mol. The van der Waals surface area contributed by atoms with Crippen LogP contribution in [0.2, 0.25) is 0 Å². The maximum atomic E-state index is 12.6. The number of hydrogen-bond acceptors (Lipinski definition) is 4. The zero-order valence-electron chi connectivity index (χ0n) is 16.3. The van der Waals surface area contributed by atoms with E-state index in [1.165, 1.54) is 11.1 Å². The molecule has 0 atom stereocenters. The van der Waals surface area contributed by atoms with Crippen LogP contribution < -0.4 is 5.32 Å². The summed E-state index contributed by atoms with van der Waals surface area (Å²) in [5.74, 6) is 0.967. The van der Waals surface area contributed by atoms with Gasteiger partial charge in [0.2, 0.25) is 5.91 Å². The lowest BCUT2D eigenvalue weighted by atomic mass is 10.2. The first-order chi connectivity index (χ1) is 13.1. The van der Waals surface area contributed by atoms with Crippen LogP contribution >= 0.6 is 11.8 Å². The van der Waals surface area contributed by atoms with Crippen LogP contribution in [0, 0.1) is 6.92 Å². The fraction of sp³-hybridized carbons (Fsp3) is 0.409. The quantitative estimate of drug-likeness (QED) is 0.769. The molecule has 1 aliphatic heterocycles. The van der Waals surface area contributed by atoms with Gasteiger partial charge in [-0.3, -0.25) is 9.69 Å². The first-order valence-corrected chi connectivity index (χ1v) is 10.6. The normalized spacial score (nSPS) is 16.1. The number of aryl methyl sites for hydroxylation is 1. The summed E-state index contributed by atoms with van der Waals surface area (Å²) >= 11 is 1.76. The zero-order chi connectivity index (χ0) is 19.1. The highest BCUT2D eigenvalue weighted by Gasteiger charge is 2.16. The number of amides is 1. The Balaban J connectivity index is 1.56. The summed E-state index contributed by atoms with van der Waals surface area (Å²) in [6.45, 7) is 6.64. The van der Waals surface area contributed by atoms with E-state index in [4.69, 9.17) is 0 Å². The molecule has 2 aromatic carbocycles. The number of carbonyl (C=O) groups is 1. The van der Waals surface area contributed by atoms with Crippen molar-refractivity contribution in [3.63, 3.8) is 0 Å². The highest BCUT2D eigenvalue weighted by molar-refractivity contribution is 7.98. The van der Waals surface area contributed by atoms with Gasteiger partial charge in [-0.05, 0) is 51.2 Å². The van der Waals surface area contributed by atoms with Gasteiger partial charge in [0.05, 0.1) is 12.2 Å². The number of carbonyl (C=O) groups excluding carboxylic acids is 1. The van der Waals surface area contributed by atoms with E-state index in [-0.39, 0.29) is 5.91 Å². The lowest BCUT2D eigenvalue weighted by Gasteiger charge is -2.20. The van der Waals surface area contributed by atoms with Crippen molar-refractivity contribution in [2.75, 3.05) is 45.1 Å². The average Bonchev–Trinajstić information content (AvgIpc) is 2.86. The molecule has 27 heavy (non-hydrogen) atoms. The second kappa shape index (κ2) is 9.93. The molecule has 0 bridgehead atoms. The van der Waals surface area contributed by atoms with Crippen molar-refractivity contribution in [1.29, 1.82) is 0 Å². The van der Waals surface area contributed by atoms with Crippen LogP contribution in [0.25, 0.3) is 0 Å². The molecule has 1 saturated heterocycles. The molecule has 144 valence electrons. The van der Waals surface area contributed by atoms with E-state index in [0.717, 1.165) is 48.9 Å². The largest absolute Gasteiger partial charge is 0.324 e. The van der Waals surface area contributed by atoms with E-state index in [0.29, 0.717) is 6.54 Å². The number of hydrogen-bond donors (Lipinski definition) is 1. The smallest absolute Gasteiger partial charge is 0.238 e. The van der Waals surface area contributed by atoms with Crippen molar-refractivity contribution in [1.82, 2.24) is 9.80 Å². The summed E-state index contributed by atoms with van der Waals surface area (Å²) in [5, 5.41) is 3.12. The van der Waals surface area contributed by atoms with Crippen LogP contribution in [0.4, 0.5) is 5.69 Å². The second-order valence-electron chi connectivity index (χ2n) is 7.25. The van der Waals surface area contributed by atoms with Gasteiger partial charge in [-0.2, -0.15) is 0 Å². The number of anilines is 1. The lowest BCUT2D eigenvalue weighted by molar-refractivity contribution is -0.117. The molecule has 1 fully saturated rings. The molecule has 5 heteroatoms. The summed E-state index contributed by atoms with van der Waals surface area (Å²) < 4.78 is 0. The third-order valence-electron chi connectivity index (χ3n) is 4.86. The van der Waals surface area contributed by atoms with E-state index < -0.39 is 0 Å². The van der Waals surface area contributed by atoms with Crippen LogP contribution in [-0.4, -0.2) is 55.5 Å². The Morgan fingerprint density at radius 3 is 2.63 bits per heavy atom. The van der Waals surface area contributed by atoms with Crippen molar-refractivity contribution in [3.05, 3.63) is 59.7 Å². The van der Waals surface area contributed by atoms with Crippen molar-refractivity contribution in [3.8, 4) is 0 Å². The summed E-state index contributed by atoms with van der Waals surface area (Å²) in [4.78, 5) is 18.3. The van der Waals surface area contributed by atoms with Gasteiger partial charge < -0.3 is 10.2 Å². The lowest BCUT2D eigenvalue weighted by Crippen LogP contribution is -2.36. The molecule has 4 nitrogen and oxygen atoms in total. The maximum absolute atomic E-state index is 12.6. The van der Waals surface area contributed by atoms with Crippen molar-refractivity contribution in [2.45, 2.75) is 24.0 Å². The van der Waals surface area contributed by atoms with Crippen LogP contribution in [0.15, 0.2) is 53.4 Å². The van der Waals surface area contributed by atoms with E-state index in [2.05, 4.69) is 59.4 Å². The Labute approximate surface area is 166 Å². The van der Waals surface area contributed by atoms with Gasteiger partial charge in [0, 0.05) is 23.7 Å². The van der Waals surface area contributed by atoms with Crippen molar-refractivity contribution in [2.24, 2.45) is 0 Å². The molecule has 0 aliphatic carbocycles. The predicted octanol–water partition coefficient (Wildman–Crippen LogP) is 3.86. The molecule has 2 aromatic rings. The number of benzene rings is 2. The van der Waals surface area contributed by atoms with E-state index >= 15 is 0 Å². The fourth-order valence-corrected chi connectivity index (χ4v) is 4.16. The van der Waals surface area contributed by atoms with Crippen molar-refractivity contribution >= 4 is 23.4 Å². The molecule has 0 spiro atoms. The zero-order valence-corrected chi connectivity index (χ0v) is 17.1. The summed E-state index contributed by atoms with van der Waals surface area (Å²) in [5.41, 5.74) is 3.48. The Bertz CT molecular complexity index is 747. The topological polar surface area (TPSA) is 35.6 Å². The number of likely N-dealkylation sites (N-methyl/N-ethyl adjacent to an activating group) is 1. The Hall–Kier alpha value is -1.82. The molecule has 1 heterocycles. The third kappa shape index (κ3) is 6.38. The number of rotatable bonds is 6. The van der Waals surface area contributed by atoms with Crippen molar-refractivity contribution < 1.29 is 4.79 Å². The minimum Gasteiger partial charge on any atom is -0.324 e. The van der Waals surface area contributed by atoms with Crippen LogP contribution in [-0.2, 0) is 10.5 Å². The Kier molecular flexibility index (Phi) is 7.33. The average molecular weight is 384 g/mol. The molecule has 1 aliphatic rings.